The molecule has 0 unspecified atom stereocenters. The van der Waals surface area contributed by atoms with Crippen molar-refractivity contribution in [3.8, 4) is 6.07 Å². The van der Waals surface area contributed by atoms with Gasteiger partial charge < -0.3 is 5.32 Å². The number of nitrogens with zero attached hydrogens (tertiary/aromatic N) is 4. The highest BCUT2D eigenvalue weighted by Gasteiger charge is 1.98. The molecule has 0 amide bonds. The van der Waals surface area contributed by atoms with E-state index in [1.165, 1.54) is 0 Å². The lowest BCUT2D eigenvalue weighted by molar-refractivity contribution is 1.00. The van der Waals surface area contributed by atoms with Crippen LogP contribution >= 0.6 is 0 Å². The molecular formula is C12H11N5. The van der Waals surface area contributed by atoms with Crippen molar-refractivity contribution < 1.29 is 0 Å². The van der Waals surface area contributed by atoms with Gasteiger partial charge in [0.2, 0.25) is 5.95 Å². The summed E-state index contributed by atoms with van der Waals surface area (Å²) in [5.41, 5.74) is 1.78. The summed E-state index contributed by atoms with van der Waals surface area (Å²) < 4.78 is 0. The van der Waals surface area contributed by atoms with Gasteiger partial charge in [0, 0.05) is 25.1 Å². The Balaban J connectivity index is 2.00. The fraction of sp³-hybridized carbons (Fsp3) is 0.167. The van der Waals surface area contributed by atoms with E-state index < -0.39 is 0 Å². The van der Waals surface area contributed by atoms with Crippen molar-refractivity contribution in [2.45, 2.75) is 13.0 Å². The smallest absolute Gasteiger partial charge is 0.223 e. The lowest BCUT2D eigenvalue weighted by atomic mass is 10.3. The molecule has 5 nitrogen and oxygen atoms in total. The zero-order valence-electron chi connectivity index (χ0n) is 9.17. The summed E-state index contributed by atoms with van der Waals surface area (Å²) in [6, 6.07) is 7.64. The highest BCUT2D eigenvalue weighted by molar-refractivity contribution is 5.27. The summed E-state index contributed by atoms with van der Waals surface area (Å²) in [4.78, 5) is 12.3. The normalized spacial score (nSPS) is 9.59. The van der Waals surface area contributed by atoms with Gasteiger partial charge >= 0.3 is 0 Å². The Bertz CT molecular complexity index is 518. The van der Waals surface area contributed by atoms with E-state index in [9.17, 15) is 0 Å². The average molecular weight is 225 g/mol. The van der Waals surface area contributed by atoms with Crippen LogP contribution in [0.4, 0.5) is 5.95 Å². The molecule has 17 heavy (non-hydrogen) atoms. The minimum Gasteiger partial charge on any atom is -0.350 e. The number of hydrogen-bond donors (Lipinski definition) is 1. The van der Waals surface area contributed by atoms with Crippen molar-refractivity contribution in [3.63, 3.8) is 0 Å². The van der Waals surface area contributed by atoms with Crippen molar-refractivity contribution in [3.05, 3.63) is 48.0 Å². The maximum atomic E-state index is 8.58. The van der Waals surface area contributed by atoms with E-state index in [0.29, 0.717) is 18.9 Å². The van der Waals surface area contributed by atoms with Crippen molar-refractivity contribution >= 4 is 5.95 Å². The third-order valence-electron chi connectivity index (χ3n) is 2.15. The monoisotopic (exact) mass is 225 g/mol. The maximum absolute atomic E-state index is 8.58. The van der Waals surface area contributed by atoms with Crippen LogP contribution in [-0.4, -0.2) is 15.0 Å². The fourth-order valence-corrected chi connectivity index (χ4v) is 1.34. The number of anilines is 1. The highest BCUT2D eigenvalue weighted by Crippen LogP contribution is 2.03. The molecule has 0 saturated carbocycles. The number of rotatable bonds is 4. The average Bonchev–Trinajstić information content (AvgIpc) is 2.39. The first-order valence-electron chi connectivity index (χ1n) is 5.20. The molecule has 2 aromatic heterocycles. The SMILES string of the molecule is N#CCc1ccnc(NCc2cccnc2)n1. The summed E-state index contributed by atoms with van der Waals surface area (Å²) in [6.45, 7) is 0.615. The number of nitrogens with one attached hydrogen (secondary N) is 1. The molecule has 0 atom stereocenters. The zero-order valence-corrected chi connectivity index (χ0v) is 9.17. The zero-order chi connectivity index (χ0) is 11.9. The Labute approximate surface area is 99.2 Å². The first-order valence-corrected chi connectivity index (χ1v) is 5.20. The molecule has 0 saturated heterocycles. The molecule has 0 fully saturated rings. The Morgan fingerprint density at radius 2 is 2.24 bits per heavy atom. The van der Waals surface area contributed by atoms with Crippen molar-refractivity contribution in [2.75, 3.05) is 5.32 Å². The van der Waals surface area contributed by atoms with Crippen LogP contribution in [0.2, 0.25) is 0 Å². The molecule has 5 heteroatoms. The molecule has 0 aliphatic carbocycles. The Hall–Kier alpha value is -2.48. The molecule has 2 aromatic rings. The van der Waals surface area contributed by atoms with Gasteiger partial charge in [-0.3, -0.25) is 4.98 Å². The number of hydrogen-bond acceptors (Lipinski definition) is 5. The molecule has 1 N–H and O–H groups in total. The summed E-state index contributed by atoms with van der Waals surface area (Å²) in [6.07, 6.45) is 5.45. The maximum Gasteiger partial charge on any atom is 0.223 e. The molecule has 84 valence electrons. The predicted molar refractivity (Wildman–Crippen MR) is 62.9 cm³/mol. The standard InChI is InChI=1S/C12H11N5/c13-5-3-11-4-7-15-12(17-11)16-9-10-2-1-6-14-8-10/h1-2,4,6-8H,3,9H2,(H,15,16,17). The largest absolute Gasteiger partial charge is 0.350 e. The highest BCUT2D eigenvalue weighted by atomic mass is 15.1. The molecule has 0 spiro atoms. The van der Waals surface area contributed by atoms with E-state index in [-0.39, 0.29) is 0 Å². The second kappa shape index (κ2) is 5.56. The van der Waals surface area contributed by atoms with Crippen LogP contribution in [0.15, 0.2) is 36.8 Å². The van der Waals surface area contributed by atoms with Gasteiger partial charge in [0.1, 0.15) is 0 Å². The molecule has 0 aliphatic heterocycles. The van der Waals surface area contributed by atoms with E-state index in [2.05, 4.69) is 26.3 Å². The van der Waals surface area contributed by atoms with Crippen molar-refractivity contribution in [1.29, 1.82) is 5.26 Å². The first-order chi connectivity index (χ1) is 8.38. The van der Waals surface area contributed by atoms with Crippen LogP contribution in [0.1, 0.15) is 11.3 Å². The van der Waals surface area contributed by atoms with Crippen LogP contribution in [0.5, 0.6) is 0 Å². The van der Waals surface area contributed by atoms with Crippen LogP contribution < -0.4 is 5.32 Å². The molecule has 2 rings (SSSR count). The van der Waals surface area contributed by atoms with Gasteiger partial charge in [-0.2, -0.15) is 5.26 Å². The van der Waals surface area contributed by atoms with Gasteiger partial charge in [-0.15, -0.1) is 0 Å². The third kappa shape index (κ3) is 3.24. The number of aromatic nitrogens is 3. The van der Waals surface area contributed by atoms with Crippen LogP contribution in [0.3, 0.4) is 0 Å². The van der Waals surface area contributed by atoms with Gasteiger partial charge in [0.25, 0.3) is 0 Å². The van der Waals surface area contributed by atoms with Gasteiger partial charge in [-0.1, -0.05) is 6.07 Å². The summed E-state index contributed by atoms with van der Waals surface area (Å²) >= 11 is 0. The lowest BCUT2D eigenvalue weighted by Gasteiger charge is -2.04. The van der Waals surface area contributed by atoms with Gasteiger partial charge in [-0.05, 0) is 17.7 Å². The van der Waals surface area contributed by atoms with E-state index >= 15 is 0 Å². The topological polar surface area (TPSA) is 74.5 Å². The second-order valence-corrected chi connectivity index (χ2v) is 3.42. The number of pyridine rings is 1. The second-order valence-electron chi connectivity index (χ2n) is 3.42. The van der Waals surface area contributed by atoms with Crippen LogP contribution in [-0.2, 0) is 13.0 Å². The van der Waals surface area contributed by atoms with Gasteiger partial charge in [0.05, 0.1) is 18.2 Å². The molecule has 0 aliphatic rings. The predicted octanol–water partition coefficient (Wildman–Crippen LogP) is 1.55. The Morgan fingerprint density at radius 3 is 3.00 bits per heavy atom. The minimum atomic E-state index is 0.296. The van der Waals surface area contributed by atoms with E-state index in [0.717, 1.165) is 11.3 Å². The lowest BCUT2D eigenvalue weighted by Crippen LogP contribution is -2.04. The van der Waals surface area contributed by atoms with Crippen LogP contribution in [0.25, 0.3) is 0 Å². The fourth-order valence-electron chi connectivity index (χ4n) is 1.34. The summed E-state index contributed by atoms with van der Waals surface area (Å²) in [5, 5.41) is 11.7. The van der Waals surface area contributed by atoms with Gasteiger partial charge in [-0.25, -0.2) is 9.97 Å². The molecule has 2 heterocycles. The van der Waals surface area contributed by atoms with E-state index in [4.69, 9.17) is 5.26 Å². The van der Waals surface area contributed by atoms with Gasteiger partial charge in [0.15, 0.2) is 0 Å². The van der Waals surface area contributed by atoms with E-state index in [1.54, 1.807) is 24.7 Å². The first kappa shape index (κ1) is 11.0. The summed E-state index contributed by atoms with van der Waals surface area (Å²) in [7, 11) is 0. The quantitative estimate of drug-likeness (QED) is 0.854. The summed E-state index contributed by atoms with van der Waals surface area (Å²) in [5.74, 6) is 0.529. The molecular weight excluding hydrogens is 214 g/mol. The van der Waals surface area contributed by atoms with Crippen molar-refractivity contribution in [1.82, 2.24) is 15.0 Å². The van der Waals surface area contributed by atoms with E-state index in [1.807, 2.05) is 12.1 Å². The Morgan fingerprint density at radius 1 is 1.29 bits per heavy atom. The molecule has 0 aromatic carbocycles. The molecule has 0 radical (unpaired) electrons. The Kier molecular flexibility index (Phi) is 3.61. The minimum absolute atomic E-state index is 0.296. The van der Waals surface area contributed by atoms with Crippen molar-refractivity contribution in [2.24, 2.45) is 0 Å². The molecule has 0 bridgehead atoms. The van der Waals surface area contributed by atoms with Crippen LogP contribution in [0, 0.1) is 11.3 Å². The number of nitriles is 1. The third-order valence-corrected chi connectivity index (χ3v) is 2.15.